The second kappa shape index (κ2) is 9.47. The van der Waals surface area contributed by atoms with Crippen molar-refractivity contribution in [2.75, 3.05) is 13.7 Å². The average Bonchev–Trinajstić information content (AvgIpc) is 2.95. The number of ether oxygens (including phenoxy) is 2. The smallest absolute Gasteiger partial charge is 0.294 e. The SMILES string of the molecule is COc1cc(/C=C2\SC(=O)N(CC(N)=O)C2=O)cc(I)c1OCc1ccc(F)cc1. The zero-order valence-corrected chi connectivity index (χ0v) is 18.7. The summed E-state index contributed by atoms with van der Waals surface area (Å²) in [6.07, 6.45) is 1.54. The lowest BCUT2D eigenvalue weighted by Crippen LogP contribution is -2.36. The maximum absolute atomic E-state index is 13.0. The third-order valence-electron chi connectivity index (χ3n) is 4.03. The summed E-state index contributed by atoms with van der Waals surface area (Å²) in [5, 5.41) is -0.550. The van der Waals surface area contributed by atoms with Gasteiger partial charge >= 0.3 is 0 Å². The van der Waals surface area contributed by atoms with Crippen LogP contribution in [0, 0.1) is 9.39 Å². The van der Waals surface area contributed by atoms with Crippen molar-refractivity contribution in [1.82, 2.24) is 4.90 Å². The van der Waals surface area contributed by atoms with Crippen LogP contribution in [0.4, 0.5) is 9.18 Å². The van der Waals surface area contributed by atoms with Gasteiger partial charge in [0.2, 0.25) is 5.91 Å². The maximum atomic E-state index is 13.0. The van der Waals surface area contributed by atoms with Gasteiger partial charge in [0.25, 0.3) is 11.1 Å². The summed E-state index contributed by atoms with van der Waals surface area (Å²) >= 11 is 2.81. The van der Waals surface area contributed by atoms with Crippen molar-refractivity contribution in [3.63, 3.8) is 0 Å². The van der Waals surface area contributed by atoms with Gasteiger partial charge in [0.05, 0.1) is 15.6 Å². The summed E-state index contributed by atoms with van der Waals surface area (Å²) in [6.45, 7) is -0.239. The minimum atomic E-state index is -0.766. The zero-order chi connectivity index (χ0) is 21.8. The molecule has 1 saturated heterocycles. The van der Waals surface area contributed by atoms with Gasteiger partial charge in [0.15, 0.2) is 11.5 Å². The number of nitrogens with two attached hydrogens (primary N) is 1. The van der Waals surface area contributed by atoms with E-state index in [2.05, 4.69) is 22.6 Å². The van der Waals surface area contributed by atoms with E-state index in [1.165, 1.54) is 19.2 Å². The predicted molar refractivity (Wildman–Crippen MR) is 118 cm³/mol. The number of nitrogens with zero attached hydrogens (tertiary/aromatic N) is 1. The van der Waals surface area contributed by atoms with Gasteiger partial charge < -0.3 is 15.2 Å². The molecule has 3 rings (SSSR count). The number of methoxy groups -OCH3 is 1. The lowest BCUT2D eigenvalue weighted by atomic mass is 10.1. The van der Waals surface area contributed by atoms with E-state index in [-0.39, 0.29) is 17.3 Å². The fourth-order valence-electron chi connectivity index (χ4n) is 2.64. The highest BCUT2D eigenvalue weighted by Crippen LogP contribution is 2.37. The monoisotopic (exact) mass is 542 g/mol. The molecule has 10 heteroatoms. The van der Waals surface area contributed by atoms with Crippen molar-refractivity contribution in [2.45, 2.75) is 6.61 Å². The Morgan fingerprint density at radius 1 is 1.27 bits per heavy atom. The molecule has 0 spiro atoms. The molecule has 1 aliphatic rings. The van der Waals surface area contributed by atoms with Crippen molar-refractivity contribution in [2.24, 2.45) is 5.73 Å². The van der Waals surface area contributed by atoms with E-state index in [4.69, 9.17) is 15.2 Å². The van der Waals surface area contributed by atoms with Crippen molar-refractivity contribution in [1.29, 1.82) is 0 Å². The van der Waals surface area contributed by atoms with Gasteiger partial charge in [0, 0.05) is 0 Å². The maximum Gasteiger partial charge on any atom is 0.294 e. The van der Waals surface area contributed by atoms with E-state index >= 15 is 0 Å². The van der Waals surface area contributed by atoms with E-state index < -0.39 is 23.6 Å². The number of carbonyl (C=O) groups excluding carboxylic acids is 3. The zero-order valence-electron chi connectivity index (χ0n) is 15.7. The molecule has 7 nitrogen and oxygen atoms in total. The number of rotatable bonds is 7. The number of amides is 3. The number of hydrogen-bond acceptors (Lipinski definition) is 6. The number of carbonyl (C=O) groups is 3. The van der Waals surface area contributed by atoms with Crippen LogP contribution in [0.25, 0.3) is 6.08 Å². The summed E-state index contributed by atoms with van der Waals surface area (Å²) in [7, 11) is 1.49. The van der Waals surface area contributed by atoms with Crippen molar-refractivity contribution < 1.29 is 28.2 Å². The molecule has 0 saturated carbocycles. The first-order chi connectivity index (χ1) is 14.3. The molecule has 2 aromatic carbocycles. The van der Waals surface area contributed by atoms with E-state index in [0.29, 0.717) is 17.1 Å². The quantitative estimate of drug-likeness (QED) is 0.425. The third-order valence-corrected chi connectivity index (χ3v) is 5.74. The van der Waals surface area contributed by atoms with E-state index in [1.807, 2.05) is 0 Å². The Kier molecular flexibility index (Phi) is 6.98. The molecule has 1 aliphatic heterocycles. The normalized spacial score (nSPS) is 15.0. The topological polar surface area (TPSA) is 98.9 Å². The molecular weight excluding hydrogens is 526 g/mol. The Labute approximate surface area is 189 Å². The number of imide groups is 1. The van der Waals surface area contributed by atoms with Crippen LogP contribution in [0.5, 0.6) is 11.5 Å². The fourth-order valence-corrected chi connectivity index (χ4v) is 4.26. The lowest BCUT2D eigenvalue weighted by molar-refractivity contribution is -0.127. The van der Waals surface area contributed by atoms with Crippen LogP contribution >= 0.6 is 34.4 Å². The first-order valence-corrected chi connectivity index (χ1v) is 10.5. The van der Waals surface area contributed by atoms with Crippen LogP contribution in [0.1, 0.15) is 11.1 Å². The lowest BCUT2D eigenvalue weighted by Gasteiger charge is -2.14. The highest BCUT2D eigenvalue weighted by molar-refractivity contribution is 14.1. The first-order valence-electron chi connectivity index (χ1n) is 8.57. The van der Waals surface area contributed by atoms with Crippen LogP contribution < -0.4 is 15.2 Å². The number of hydrogen-bond donors (Lipinski definition) is 1. The Morgan fingerprint density at radius 3 is 2.60 bits per heavy atom. The van der Waals surface area contributed by atoms with Gasteiger partial charge in [-0.2, -0.15) is 0 Å². The Bertz CT molecular complexity index is 1040. The molecule has 0 atom stereocenters. The van der Waals surface area contributed by atoms with Gasteiger partial charge in [-0.25, -0.2) is 4.39 Å². The summed E-state index contributed by atoms with van der Waals surface area (Å²) < 4.78 is 25.0. The van der Waals surface area contributed by atoms with Gasteiger partial charge in [-0.15, -0.1) is 0 Å². The molecule has 0 bridgehead atoms. The molecule has 0 radical (unpaired) electrons. The summed E-state index contributed by atoms with van der Waals surface area (Å²) in [6, 6.07) is 9.41. The fraction of sp³-hybridized carbons (Fsp3) is 0.150. The second-order valence-electron chi connectivity index (χ2n) is 6.18. The van der Waals surface area contributed by atoms with Crippen molar-refractivity contribution in [3.8, 4) is 11.5 Å². The molecule has 156 valence electrons. The van der Waals surface area contributed by atoms with Gasteiger partial charge in [-0.05, 0) is 75.8 Å². The van der Waals surface area contributed by atoms with Gasteiger partial charge in [-0.3, -0.25) is 19.3 Å². The molecule has 30 heavy (non-hydrogen) atoms. The Hall–Kier alpha value is -2.60. The minimum absolute atomic E-state index is 0.180. The van der Waals surface area contributed by atoms with Crippen LogP contribution in [-0.2, 0) is 16.2 Å². The number of thioether (sulfide) groups is 1. The predicted octanol–water partition coefficient (Wildman–Crippen LogP) is 3.54. The van der Waals surface area contributed by atoms with Crippen LogP contribution in [0.3, 0.4) is 0 Å². The first kappa shape index (κ1) is 22.1. The van der Waals surface area contributed by atoms with Gasteiger partial charge in [0.1, 0.15) is 19.0 Å². The molecule has 3 amide bonds. The minimum Gasteiger partial charge on any atom is -0.493 e. The highest BCUT2D eigenvalue weighted by atomic mass is 127. The Balaban J connectivity index is 1.82. The summed E-state index contributed by atoms with van der Waals surface area (Å²) in [4.78, 5) is 36.4. The van der Waals surface area contributed by atoms with E-state index in [1.54, 1.807) is 30.3 Å². The van der Waals surface area contributed by atoms with Crippen LogP contribution in [0.15, 0.2) is 41.3 Å². The Morgan fingerprint density at radius 2 is 1.97 bits per heavy atom. The second-order valence-corrected chi connectivity index (χ2v) is 8.34. The molecule has 0 aromatic heterocycles. The highest BCUT2D eigenvalue weighted by Gasteiger charge is 2.35. The van der Waals surface area contributed by atoms with Crippen LogP contribution in [0.2, 0.25) is 0 Å². The molecule has 2 aromatic rings. The van der Waals surface area contributed by atoms with Crippen molar-refractivity contribution >= 4 is 57.5 Å². The van der Waals surface area contributed by atoms with Crippen molar-refractivity contribution in [3.05, 3.63) is 61.8 Å². The van der Waals surface area contributed by atoms with Crippen LogP contribution in [-0.4, -0.2) is 35.6 Å². The van der Waals surface area contributed by atoms with E-state index in [0.717, 1.165) is 25.8 Å². The standard InChI is InChI=1S/C20H16FIN2O5S/c1-28-15-7-12(8-16-19(26)24(9-17(23)25)20(27)30-16)6-14(22)18(15)29-10-11-2-4-13(21)5-3-11/h2-8H,9-10H2,1H3,(H2,23,25)/b16-8-. The molecule has 0 aliphatic carbocycles. The molecular formula is C20H16FIN2O5S. The average molecular weight is 542 g/mol. The van der Waals surface area contributed by atoms with Gasteiger partial charge in [-0.1, -0.05) is 12.1 Å². The molecule has 0 unspecified atom stereocenters. The summed E-state index contributed by atoms with van der Waals surface area (Å²) in [5.74, 6) is -0.727. The third kappa shape index (κ3) is 5.11. The number of primary amides is 1. The number of halogens is 2. The molecule has 2 N–H and O–H groups in total. The summed E-state index contributed by atoms with van der Waals surface area (Å²) in [5.41, 5.74) is 6.50. The molecule has 1 fully saturated rings. The largest absolute Gasteiger partial charge is 0.493 e. The number of benzene rings is 2. The van der Waals surface area contributed by atoms with E-state index in [9.17, 15) is 18.8 Å². The molecule has 1 heterocycles.